The summed E-state index contributed by atoms with van der Waals surface area (Å²) in [6.07, 6.45) is 0.922. The normalized spacial score (nSPS) is 24.2. The van der Waals surface area contributed by atoms with Gasteiger partial charge in [0.2, 0.25) is 5.91 Å². The Morgan fingerprint density at radius 1 is 1.75 bits per heavy atom. The van der Waals surface area contributed by atoms with Crippen LogP contribution < -0.4 is 5.32 Å². The molecule has 0 aromatic rings. The molecule has 1 saturated heterocycles. The number of β-amino-alcohol motifs (C(OH)–C–C–N with tert-alkyl or cyclic N) is 1. The van der Waals surface area contributed by atoms with Gasteiger partial charge in [0.05, 0.1) is 6.54 Å². The van der Waals surface area contributed by atoms with Crippen LogP contribution in [0.4, 0.5) is 0 Å². The third-order valence-electron chi connectivity index (χ3n) is 1.97. The van der Waals surface area contributed by atoms with Gasteiger partial charge in [-0.1, -0.05) is 6.92 Å². The van der Waals surface area contributed by atoms with E-state index in [0.29, 0.717) is 19.5 Å². The average Bonchev–Trinajstić information content (AvgIpc) is 2.05. The van der Waals surface area contributed by atoms with Crippen molar-refractivity contribution >= 4 is 5.91 Å². The topological polar surface area (TPSA) is 52.6 Å². The van der Waals surface area contributed by atoms with Crippen molar-refractivity contribution in [3.8, 4) is 0 Å². The first kappa shape index (κ1) is 9.48. The van der Waals surface area contributed by atoms with Gasteiger partial charge in [0.15, 0.2) is 0 Å². The van der Waals surface area contributed by atoms with Crippen molar-refractivity contribution < 1.29 is 9.90 Å². The molecule has 1 aliphatic rings. The number of hydrogen-bond donors (Lipinski definition) is 2. The number of nitrogens with one attached hydrogen (secondary N) is 1. The van der Waals surface area contributed by atoms with Gasteiger partial charge in [-0.15, -0.1) is 0 Å². The second-order valence-corrected chi connectivity index (χ2v) is 3.06. The highest BCUT2D eigenvalue weighted by Crippen LogP contribution is 2.01. The number of carbonyl (C=O) groups is 1. The SMILES string of the molecule is CCCC(=O)N1CCNC(O)C1. The summed E-state index contributed by atoms with van der Waals surface area (Å²) in [5, 5.41) is 12.1. The molecule has 0 aromatic carbocycles. The predicted molar refractivity (Wildman–Crippen MR) is 45.5 cm³/mol. The van der Waals surface area contributed by atoms with Crippen LogP contribution in [-0.4, -0.2) is 41.8 Å². The Labute approximate surface area is 72.6 Å². The van der Waals surface area contributed by atoms with E-state index < -0.39 is 6.23 Å². The van der Waals surface area contributed by atoms with E-state index in [2.05, 4.69) is 5.32 Å². The van der Waals surface area contributed by atoms with Gasteiger partial charge in [0.1, 0.15) is 6.23 Å². The molecule has 12 heavy (non-hydrogen) atoms. The summed E-state index contributed by atoms with van der Waals surface area (Å²) in [6.45, 7) is 3.82. The lowest BCUT2D eigenvalue weighted by atomic mass is 10.2. The lowest BCUT2D eigenvalue weighted by Gasteiger charge is -2.30. The number of aliphatic hydroxyl groups excluding tert-OH is 1. The number of rotatable bonds is 2. The minimum Gasteiger partial charge on any atom is -0.377 e. The lowest BCUT2D eigenvalue weighted by Crippen LogP contribution is -2.52. The third-order valence-corrected chi connectivity index (χ3v) is 1.97. The van der Waals surface area contributed by atoms with Gasteiger partial charge < -0.3 is 10.0 Å². The molecular weight excluding hydrogens is 156 g/mol. The van der Waals surface area contributed by atoms with Crippen molar-refractivity contribution in [2.45, 2.75) is 26.0 Å². The van der Waals surface area contributed by atoms with Gasteiger partial charge in [-0.3, -0.25) is 10.1 Å². The van der Waals surface area contributed by atoms with Crippen LogP contribution in [0.25, 0.3) is 0 Å². The Hall–Kier alpha value is -0.610. The van der Waals surface area contributed by atoms with Crippen molar-refractivity contribution in [1.82, 2.24) is 10.2 Å². The van der Waals surface area contributed by atoms with Crippen molar-refractivity contribution in [3.63, 3.8) is 0 Å². The second kappa shape index (κ2) is 4.42. The van der Waals surface area contributed by atoms with E-state index in [-0.39, 0.29) is 5.91 Å². The van der Waals surface area contributed by atoms with Crippen LogP contribution >= 0.6 is 0 Å². The standard InChI is InChI=1S/C8H16N2O2/c1-2-3-8(12)10-5-4-9-7(11)6-10/h7,9,11H,2-6H2,1H3. The van der Waals surface area contributed by atoms with Crippen molar-refractivity contribution in [2.24, 2.45) is 0 Å². The van der Waals surface area contributed by atoms with E-state index in [1.54, 1.807) is 4.90 Å². The molecule has 2 N–H and O–H groups in total. The molecule has 1 aliphatic heterocycles. The van der Waals surface area contributed by atoms with Crippen LogP contribution in [0.1, 0.15) is 19.8 Å². The van der Waals surface area contributed by atoms with E-state index in [1.807, 2.05) is 6.92 Å². The maximum absolute atomic E-state index is 11.3. The molecule has 1 amide bonds. The predicted octanol–water partition coefficient (Wildman–Crippen LogP) is -0.463. The molecule has 1 unspecified atom stereocenters. The molecule has 0 aromatic heterocycles. The van der Waals surface area contributed by atoms with Crippen LogP contribution in [0.5, 0.6) is 0 Å². The lowest BCUT2D eigenvalue weighted by molar-refractivity contribution is -0.134. The fraction of sp³-hybridized carbons (Fsp3) is 0.875. The summed E-state index contributed by atoms with van der Waals surface area (Å²) < 4.78 is 0. The van der Waals surface area contributed by atoms with Gasteiger partial charge in [0, 0.05) is 19.5 Å². The van der Waals surface area contributed by atoms with Gasteiger partial charge >= 0.3 is 0 Å². The molecule has 0 saturated carbocycles. The molecule has 0 aliphatic carbocycles. The fourth-order valence-corrected chi connectivity index (χ4v) is 1.33. The molecular formula is C8H16N2O2. The molecule has 1 fully saturated rings. The smallest absolute Gasteiger partial charge is 0.222 e. The van der Waals surface area contributed by atoms with Crippen LogP contribution in [0.15, 0.2) is 0 Å². The minimum atomic E-state index is -0.542. The van der Waals surface area contributed by atoms with Crippen LogP contribution in [0, 0.1) is 0 Å². The molecule has 0 radical (unpaired) electrons. The Morgan fingerprint density at radius 3 is 3.08 bits per heavy atom. The molecule has 0 spiro atoms. The highest BCUT2D eigenvalue weighted by atomic mass is 16.3. The van der Waals surface area contributed by atoms with Gasteiger partial charge in [-0.25, -0.2) is 0 Å². The van der Waals surface area contributed by atoms with Crippen molar-refractivity contribution in [2.75, 3.05) is 19.6 Å². The summed E-state index contributed by atoms with van der Waals surface area (Å²) >= 11 is 0. The van der Waals surface area contributed by atoms with Gasteiger partial charge in [-0.2, -0.15) is 0 Å². The number of amides is 1. The van der Waals surface area contributed by atoms with Gasteiger partial charge in [0.25, 0.3) is 0 Å². The molecule has 70 valence electrons. The number of piperazine rings is 1. The molecule has 1 rings (SSSR count). The first-order valence-electron chi connectivity index (χ1n) is 4.43. The molecule has 1 heterocycles. The minimum absolute atomic E-state index is 0.151. The number of nitrogens with zero attached hydrogens (tertiary/aromatic N) is 1. The van der Waals surface area contributed by atoms with Crippen molar-refractivity contribution in [1.29, 1.82) is 0 Å². The molecule has 4 nitrogen and oxygen atoms in total. The maximum atomic E-state index is 11.3. The highest BCUT2D eigenvalue weighted by Gasteiger charge is 2.20. The zero-order valence-corrected chi connectivity index (χ0v) is 7.42. The fourth-order valence-electron chi connectivity index (χ4n) is 1.33. The van der Waals surface area contributed by atoms with Crippen LogP contribution in [-0.2, 0) is 4.79 Å². The van der Waals surface area contributed by atoms with E-state index in [4.69, 9.17) is 0 Å². The molecule has 1 atom stereocenters. The Morgan fingerprint density at radius 2 is 2.50 bits per heavy atom. The quantitative estimate of drug-likeness (QED) is 0.592. The largest absolute Gasteiger partial charge is 0.377 e. The number of carbonyl (C=O) groups excluding carboxylic acids is 1. The number of aliphatic hydroxyl groups is 1. The van der Waals surface area contributed by atoms with Crippen molar-refractivity contribution in [3.05, 3.63) is 0 Å². The Kier molecular flexibility index (Phi) is 3.49. The first-order valence-corrected chi connectivity index (χ1v) is 4.43. The zero-order valence-electron chi connectivity index (χ0n) is 7.42. The summed E-state index contributed by atoms with van der Waals surface area (Å²) in [5.74, 6) is 0.151. The number of hydrogen-bond acceptors (Lipinski definition) is 3. The maximum Gasteiger partial charge on any atom is 0.222 e. The van der Waals surface area contributed by atoms with E-state index >= 15 is 0 Å². The summed E-state index contributed by atoms with van der Waals surface area (Å²) in [5.41, 5.74) is 0. The van der Waals surface area contributed by atoms with Crippen LogP contribution in [0.2, 0.25) is 0 Å². The average molecular weight is 172 g/mol. The Bertz CT molecular complexity index is 161. The summed E-state index contributed by atoms with van der Waals surface area (Å²) in [4.78, 5) is 13.0. The van der Waals surface area contributed by atoms with Crippen LogP contribution in [0.3, 0.4) is 0 Å². The Balaban J connectivity index is 2.35. The summed E-state index contributed by atoms with van der Waals surface area (Å²) in [6, 6.07) is 0. The summed E-state index contributed by atoms with van der Waals surface area (Å²) in [7, 11) is 0. The molecule has 4 heteroatoms. The van der Waals surface area contributed by atoms with Gasteiger partial charge in [-0.05, 0) is 6.42 Å². The monoisotopic (exact) mass is 172 g/mol. The zero-order chi connectivity index (χ0) is 8.97. The second-order valence-electron chi connectivity index (χ2n) is 3.06. The third kappa shape index (κ3) is 2.46. The first-order chi connectivity index (χ1) is 5.74. The van der Waals surface area contributed by atoms with E-state index in [9.17, 15) is 9.90 Å². The molecule has 0 bridgehead atoms. The van der Waals surface area contributed by atoms with E-state index in [1.165, 1.54) is 0 Å². The van der Waals surface area contributed by atoms with E-state index in [0.717, 1.165) is 13.0 Å². The highest BCUT2D eigenvalue weighted by molar-refractivity contribution is 5.76.